The number of hydrogen-bond acceptors (Lipinski definition) is 3. The van der Waals surface area contributed by atoms with Crippen molar-refractivity contribution in [1.29, 1.82) is 0 Å². The van der Waals surface area contributed by atoms with Crippen molar-refractivity contribution >= 4 is 21.9 Å². The third-order valence-corrected chi connectivity index (χ3v) is 3.60. The van der Waals surface area contributed by atoms with Crippen LogP contribution in [0.5, 0.6) is 0 Å². The second-order valence-electron chi connectivity index (χ2n) is 4.70. The van der Waals surface area contributed by atoms with Crippen LogP contribution in [0.1, 0.15) is 31.4 Å². The minimum Gasteiger partial charge on any atom is -0.465 e. The van der Waals surface area contributed by atoms with Gasteiger partial charge in [0, 0.05) is 10.0 Å². The van der Waals surface area contributed by atoms with E-state index in [1.807, 2.05) is 0 Å². The summed E-state index contributed by atoms with van der Waals surface area (Å²) in [7, 11) is 0. The molecule has 0 bridgehead atoms. The molecule has 1 saturated carbocycles. The Morgan fingerprint density at radius 2 is 2.32 bits per heavy atom. The van der Waals surface area contributed by atoms with Gasteiger partial charge in [0.05, 0.1) is 6.61 Å². The summed E-state index contributed by atoms with van der Waals surface area (Å²) in [6.45, 7) is 2.76. The molecule has 1 unspecified atom stereocenters. The Morgan fingerprint density at radius 3 is 2.89 bits per heavy atom. The monoisotopic (exact) mass is 329 g/mol. The van der Waals surface area contributed by atoms with Crippen LogP contribution >= 0.6 is 15.9 Å². The van der Waals surface area contributed by atoms with Crippen molar-refractivity contribution in [3.8, 4) is 0 Å². The van der Waals surface area contributed by atoms with E-state index >= 15 is 0 Å². The molecule has 0 aromatic heterocycles. The van der Waals surface area contributed by atoms with Gasteiger partial charge in [-0.1, -0.05) is 22.0 Å². The molecule has 0 saturated heterocycles. The molecule has 1 aliphatic rings. The molecule has 0 heterocycles. The zero-order valence-electron chi connectivity index (χ0n) is 10.8. The first kappa shape index (κ1) is 14.5. The van der Waals surface area contributed by atoms with Crippen LogP contribution < -0.4 is 5.32 Å². The molecule has 2 rings (SSSR count). The van der Waals surface area contributed by atoms with Crippen LogP contribution in [0.4, 0.5) is 4.39 Å². The summed E-state index contributed by atoms with van der Waals surface area (Å²) in [4.78, 5) is 12.0. The summed E-state index contributed by atoms with van der Waals surface area (Å²) >= 11 is 3.21. The van der Waals surface area contributed by atoms with Crippen molar-refractivity contribution in [2.75, 3.05) is 13.2 Å². The zero-order valence-corrected chi connectivity index (χ0v) is 12.4. The molecule has 1 aliphatic carbocycles. The van der Waals surface area contributed by atoms with Gasteiger partial charge < -0.3 is 10.1 Å². The first-order valence-corrected chi connectivity index (χ1v) is 7.26. The maximum absolute atomic E-state index is 14.0. The Morgan fingerprint density at radius 1 is 1.58 bits per heavy atom. The van der Waals surface area contributed by atoms with Gasteiger partial charge in [-0.05, 0) is 44.4 Å². The Hall–Kier alpha value is -0.940. The molecule has 0 aliphatic heterocycles. The normalized spacial score (nSPS) is 16.2. The second-order valence-corrected chi connectivity index (χ2v) is 5.62. The highest BCUT2D eigenvalue weighted by molar-refractivity contribution is 9.10. The van der Waals surface area contributed by atoms with Crippen LogP contribution in [0.15, 0.2) is 22.7 Å². The van der Waals surface area contributed by atoms with Crippen LogP contribution in [-0.4, -0.2) is 19.1 Å². The van der Waals surface area contributed by atoms with Gasteiger partial charge in [-0.2, -0.15) is 0 Å². The van der Waals surface area contributed by atoms with Crippen molar-refractivity contribution in [2.45, 2.75) is 25.8 Å². The summed E-state index contributed by atoms with van der Waals surface area (Å²) < 4.78 is 19.6. The molecule has 1 aromatic carbocycles. The average molecular weight is 330 g/mol. The van der Waals surface area contributed by atoms with Gasteiger partial charge in [0.2, 0.25) is 0 Å². The molecule has 1 N–H and O–H groups in total. The molecule has 104 valence electrons. The van der Waals surface area contributed by atoms with E-state index in [0.717, 1.165) is 6.54 Å². The highest BCUT2D eigenvalue weighted by atomic mass is 79.9. The highest BCUT2D eigenvalue weighted by Gasteiger charge is 2.28. The second kappa shape index (κ2) is 6.48. The van der Waals surface area contributed by atoms with Crippen molar-refractivity contribution in [1.82, 2.24) is 5.32 Å². The molecule has 1 fully saturated rings. The third-order valence-electron chi connectivity index (χ3n) is 3.10. The Kier molecular flexibility index (Phi) is 4.93. The number of rotatable bonds is 6. The van der Waals surface area contributed by atoms with Crippen molar-refractivity contribution in [3.63, 3.8) is 0 Å². The standard InChI is InChI=1S/C14H17BrFNO2/c1-2-19-14(18)13(17-8-9-3-4-9)11-6-5-10(15)7-12(11)16/h5-7,9,13,17H,2-4,8H2,1H3. The van der Waals surface area contributed by atoms with E-state index < -0.39 is 17.8 Å². The fourth-order valence-corrected chi connectivity index (χ4v) is 2.22. The Labute approximate surface area is 120 Å². The lowest BCUT2D eigenvalue weighted by molar-refractivity contribution is -0.146. The van der Waals surface area contributed by atoms with Gasteiger partial charge >= 0.3 is 5.97 Å². The molecule has 0 radical (unpaired) electrons. The molecule has 0 spiro atoms. The van der Waals surface area contributed by atoms with Gasteiger partial charge in [0.1, 0.15) is 11.9 Å². The first-order valence-electron chi connectivity index (χ1n) is 6.46. The number of ether oxygens (including phenoxy) is 1. The zero-order chi connectivity index (χ0) is 13.8. The first-order chi connectivity index (χ1) is 9.11. The fraction of sp³-hybridized carbons (Fsp3) is 0.500. The summed E-state index contributed by atoms with van der Waals surface area (Å²) in [5.41, 5.74) is 0.335. The van der Waals surface area contributed by atoms with Crippen LogP contribution in [0, 0.1) is 11.7 Å². The molecule has 5 heteroatoms. The fourth-order valence-electron chi connectivity index (χ4n) is 1.89. The predicted molar refractivity (Wildman–Crippen MR) is 74.2 cm³/mol. The highest BCUT2D eigenvalue weighted by Crippen LogP contribution is 2.29. The number of hydrogen-bond donors (Lipinski definition) is 1. The van der Waals surface area contributed by atoms with E-state index in [1.165, 1.54) is 18.9 Å². The average Bonchev–Trinajstić information content (AvgIpc) is 3.16. The van der Waals surface area contributed by atoms with Crippen molar-refractivity contribution in [2.24, 2.45) is 5.92 Å². The van der Waals surface area contributed by atoms with Gasteiger partial charge in [0.15, 0.2) is 0 Å². The number of halogens is 2. The molecule has 1 aromatic rings. The molecular formula is C14H17BrFNO2. The number of nitrogens with one attached hydrogen (secondary N) is 1. The topological polar surface area (TPSA) is 38.3 Å². The molecule has 1 atom stereocenters. The molecule has 3 nitrogen and oxygen atoms in total. The van der Waals surface area contributed by atoms with E-state index in [1.54, 1.807) is 19.1 Å². The smallest absolute Gasteiger partial charge is 0.327 e. The minimum atomic E-state index is -0.728. The molecule has 0 amide bonds. The lowest BCUT2D eigenvalue weighted by Gasteiger charge is -2.18. The predicted octanol–water partition coefficient (Wildman–Crippen LogP) is 3.19. The van der Waals surface area contributed by atoms with E-state index in [2.05, 4.69) is 21.2 Å². The van der Waals surface area contributed by atoms with Crippen LogP contribution in [-0.2, 0) is 9.53 Å². The van der Waals surface area contributed by atoms with Gasteiger partial charge in [0.25, 0.3) is 0 Å². The maximum Gasteiger partial charge on any atom is 0.327 e. The van der Waals surface area contributed by atoms with Crippen LogP contribution in [0.2, 0.25) is 0 Å². The third kappa shape index (κ3) is 4.01. The van der Waals surface area contributed by atoms with Gasteiger partial charge in [-0.15, -0.1) is 0 Å². The number of esters is 1. The van der Waals surface area contributed by atoms with E-state index in [-0.39, 0.29) is 0 Å². The van der Waals surface area contributed by atoms with E-state index in [0.29, 0.717) is 22.6 Å². The van der Waals surface area contributed by atoms with Crippen molar-refractivity contribution in [3.05, 3.63) is 34.1 Å². The summed E-state index contributed by atoms with van der Waals surface area (Å²) in [5.74, 6) is -0.226. The Bertz CT molecular complexity index is 463. The van der Waals surface area contributed by atoms with E-state index in [4.69, 9.17) is 4.74 Å². The van der Waals surface area contributed by atoms with Gasteiger partial charge in [-0.25, -0.2) is 9.18 Å². The number of carbonyl (C=O) groups excluding carboxylic acids is 1. The summed E-state index contributed by atoms with van der Waals surface area (Å²) in [6.07, 6.45) is 2.34. The quantitative estimate of drug-likeness (QED) is 0.814. The lowest BCUT2D eigenvalue weighted by atomic mass is 10.1. The molecule has 19 heavy (non-hydrogen) atoms. The van der Waals surface area contributed by atoms with Gasteiger partial charge in [-0.3, -0.25) is 0 Å². The molecular weight excluding hydrogens is 313 g/mol. The summed E-state index contributed by atoms with van der Waals surface area (Å²) in [6, 6.07) is 3.97. The SMILES string of the molecule is CCOC(=O)C(NCC1CC1)c1ccc(Br)cc1F. The summed E-state index contributed by atoms with van der Waals surface area (Å²) in [5, 5.41) is 3.11. The van der Waals surface area contributed by atoms with Crippen molar-refractivity contribution < 1.29 is 13.9 Å². The minimum absolute atomic E-state index is 0.290. The lowest BCUT2D eigenvalue weighted by Crippen LogP contribution is -2.32. The number of benzene rings is 1. The number of carbonyl (C=O) groups is 1. The maximum atomic E-state index is 14.0. The van der Waals surface area contributed by atoms with Crippen LogP contribution in [0.25, 0.3) is 0 Å². The van der Waals surface area contributed by atoms with Crippen LogP contribution in [0.3, 0.4) is 0 Å². The Balaban J connectivity index is 2.15. The van der Waals surface area contributed by atoms with E-state index in [9.17, 15) is 9.18 Å². The largest absolute Gasteiger partial charge is 0.465 e.